The molecule has 1 aliphatic heterocycles. The van der Waals surface area contributed by atoms with E-state index in [4.69, 9.17) is 20.3 Å². The van der Waals surface area contributed by atoms with Crippen molar-refractivity contribution >= 4 is 0 Å². The monoisotopic (exact) mass is 269 g/mol. The van der Waals surface area contributed by atoms with Crippen molar-refractivity contribution in [3.05, 3.63) is 35.9 Å². The summed E-state index contributed by atoms with van der Waals surface area (Å²) in [4.78, 5) is 0. The molecule has 1 aromatic carbocycles. The summed E-state index contributed by atoms with van der Waals surface area (Å²) in [5, 5.41) is 28.5. The molecule has 0 unspecified atom stereocenters. The number of aliphatic hydroxyl groups excluding tert-OH is 3. The first kappa shape index (κ1) is 14.4. The molecule has 0 bridgehead atoms. The lowest BCUT2D eigenvalue weighted by Gasteiger charge is -2.40. The van der Waals surface area contributed by atoms with Gasteiger partial charge in [-0.25, -0.2) is 0 Å². The largest absolute Gasteiger partial charge is 0.394 e. The van der Waals surface area contributed by atoms with Gasteiger partial charge in [0.05, 0.1) is 19.3 Å². The zero-order chi connectivity index (χ0) is 13.8. The standard InChI is InChI=1S/C13H19NO5/c14-10-12(17)11(16)9(6-15)19-13(10)18-7-8-4-2-1-3-5-8/h1-5,9-13,15-17H,6-7,14H2/t9-,10+,11+,12-,13+/m1/s1. The van der Waals surface area contributed by atoms with Gasteiger partial charge in [-0.3, -0.25) is 0 Å². The number of nitrogens with two attached hydrogens (primary N) is 1. The van der Waals surface area contributed by atoms with Gasteiger partial charge in [0.15, 0.2) is 6.29 Å². The van der Waals surface area contributed by atoms with E-state index in [2.05, 4.69) is 0 Å². The van der Waals surface area contributed by atoms with Crippen LogP contribution >= 0.6 is 0 Å². The van der Waals surface area contributed by atoms with E-state index in [1.54, 1.807) is 0 Å². The quantitative estimate of drug-likeness (QED) is 0.557. The van der Waals surface area contributed by atoms with Gasteiger partial charge in [0.1, 0.15) is 18.3 Å². The highest BCUT2D eigenvalue weighted by molar-refractivity contribution is 5.13. The molecule has 0 spiro atoms. The molecule has 0 amide bonds. The molecule has 19 heavy (non-hydrogen) atoms. The predicted molar refractivity (Wildman–Crippen MR) is 67.0 cm³/mol. The summed E-state index contributed by atoms with van der Waals surface area (Å²) < 4.78 is 10.8. The number of hydrogen-bond acceptors (Lipinski definition) is 6. The van der Waals surface area contributed by atoms with Gasteiger partial charge in [0.2, 0.25) is 0 Å². The van der Waals surface area contributed by atoms with Crippen LogP contribution < -0.4 is 5.73 Å². The fourth-order valence-electron chi connectivity index (χ4n) is 2.01. The highest BCUT2D eigenvalue weighted by Gasteiger charge is 2.42. The van der Waals surface area contributed by atoms with Gasteiger partial charge in [-0.2, -0.15) is 0 Å². The molecule has 6 nitrogen and oxygen atoms in total. The molecule has 1 aromatic rings. The third-order valence-corrected chi connectivity index (χ3v) is 3.19. The Labute approximate surface area is 111 Å². The molecule has 106 valence electrons. The molecule has 5 N–H and O–H groups in total. The summed E-state index contributed by atoms with van der Waals surface area (Å²) in [6, 6.07) is 8.59. The van der Waals surface area contributed by atoms with E-state index in [-0.39, 0.29) is 6.61 Å². The van der Waals surface area contributed by atoms with Crippen LogP contribution in [0.15, 0.2) is 30.3 Å². The molecular weight excluding hydrogens is 250 g/mol. The van der Waals surface area contributed by atoms with Crippen molar-refractivity contribution in [3.8, 4) is 0 Å². The summed E-state index contributed by atoms with van der Waals surface area (Å²) in [7, 11) is 0. The van der Waals surface area contributed by atoms with Crippen LogP contribution in [0.1, 0.15) is 5.56 Å². The van der Waals surface area contributed by atoms with Crippen molar-refractivity contribution in [1.82, 2.24) is 0 Å². The van der Waals surface area contributed by atoms with Crippen molar-refractivity contribution in [3.63, 3.8) is 0 Å². The number of aliphatic hydroxyl groups is 3. The average molecular weight is 269 g/mol. The van der Waals surface area contributed by atoms with Crippen molar-refractivity contribution in [2.75, 3.05) is 6.61 Å². The summed E-state index contributed by atoms with van der Waals surface area (Å²) in [5.74, 6) is 0. The zero-order valence-electron chi connectivity index (χ0n) is 10.4. The molecule has 2 rings (SSSR count). The fraction of sp³-hybridized carbons (Fsp3) is 0.538. The first-order valence-corrected chi connectivity index (χ1v) is 6.17. The number of ether oxygens (including phenoxy) is 2. The first-order chi connectivity index (χ1) is 9.13. The van der Waals surface area contributed by atoms with E-state index in [0.29, 0.717) is 0 Å². The molecular formula is C13H19NO5. The lowest BCUT2D eigenvalue weighted by Crippen LogP contribution is -2.62. The first-order valence-electron chi connectivity index (χ1n) is 6.17. The average Bonchev–Trinajstić information content (AvgIpc) is 2.45. The second kappa shape index (κ2) is 6.42. The Morgan fingerprint density at radius 1 is 1.16 bits per heavy atom. The molecule has 0 aromatic heterocycles. The van der Waals surface area contributed by atoms with Gasteiger partial charge in [-0.15, -0.1) is 0 Å². The Morgan fingerprint density at radius 3 is 2.47 bits per heavy atom. The smallest absolute Gasteiger partial charge is 0.176 e. The Kier molecular flexibility index (Phi) is 4.87. The van der Waals surface area contributed by atoms with Gasteiger partial charge in [-0.1, -0.05) is 30.3 Å². The van der Waals surface area contributed by atoms with E-state index in [0.717, 1.165) is 5.56 Å². The van der Waals surface area contributed by atoms with Crippen LogP contribution in [-0.2, 0) is 16.1 Å². The van der Waals surface area contributed by atoms with Crippen molar-refractivity contribution in [1.29, 1.82) is 0 Å². The minimum absolute atomic E-state index is 0.278. The molecule has 0 aliphatic carbocycles. The molecule has 1 aliphatic rings. The van der Waals surface area contributed by atoms with Gasteiger partial charge in [-0.05, 0) is 5.56 Å². The molecule has 0 saturated carbocycles. The van der Waals surface area contributed by atoms with Crippen LogP contribution in [0.2, 0.25) is 0 Å². The summed E-state index contributed by atoms with van der Waals surface area (Å²) in [6.45, 7) is -0.129. The molecule has 1 fully saturated rings. The molecule has 5 atom stereocenters. The van der Waals surface area contributed by atoms with E-state index < -0.39 is 37.3 Å². The summed E-state index contributed by atoms with van der Waals surface area (Å²) in [5.41, 5.74) is 6.70. The normalized spacial score (nSPS) is 35.3. The van der Waals surface area contributed by atoms with Crippen LogP contribution in [-0.4, -0.2) is 52.6 Å². The molecule has 6 heteroatoms. The minimum atomic E-state index is -1.21. The Balaban J connectivity index is 1.95. The van der Waals surface area contributed by atoms with E-state index >= 15 is 0 Å². The van der Waals surface area contributed by atoms with Crippen molar-refractivity contribution in [2.45, 2.75) is 37.3 Å². The molecule has 1 heterocycles. The third-order valence-electron chi connectivity index (χ3n) is 3.19. The summed E-state index contributed by atoms with van der Waals surface area (Å²) in [6.07, 6.45) is -4.16. The van der Waals surface area contributed by atoms with Gasteiger partial charge >= 0.3 is 0 Å². The van der Waals surface area contributed by atoms with Gasteiger partial charge in [0, 0.05) is 0 Å². The zero-order valence-corrected chi connectivity index (χ0v) is 10.4. The highest BCUT2D eigenvalue weighted by atomic mass is 16.7. The van der Waals surface area contributed by atoms with Crippen molar-refractivity contribution in [2.24, 2.45) is 5.73 Å². The Morgan fingerprint density at radius 2 is 1.84 bits per heavy atom. The van der Waals surface area contributed by atoms with E-state index in [1.807, 2.05) is 30.3 Å². The van der Waals surface area contributed by atoms with Crippen LogP contribution in [0, 0.1) is 0 Å². The number of hydrogen-bond donors (Lipinski definition) is 4. The predicted octanol–water partition coefficient (Wildman–Crippen LogP) is -1.03. The van der Waals surface area contributed by atoms with E-state index in [9.17, 15) is 10.2 Å². The minimum Gasteiger partial charge on any atom is -0.394 e. The SMILES string of the molecule is N[C@@H]1[C@@H](OCc2ccccc2)O[C@H](CO)[C@H](O)[C@@H]1O. The third kappa shape index (κ3) is 3.30. The van der Waals surface area contributed by atoms with Crippen LogP contribution in [0.3, 0.4) is 0 Å². The van der Waals surface area contributed by atoms with Crippen LogP contribution in [0.25, 0.3) is 0 Å². The maximum atomic E-state index is 9.77. The van der Waals surface area contributed by atoms with Crippen molar-refractivity contribution < 1.29 is 24.8 Å². The lowest BCUT2D eigenvalue weighted by molar-refractivity contribution is -0.269. The molecule has 0 radical (unpaired) electrons. The number of benzene rings is 1. The second-order valence-corrected chi connectivity index (χ2v) is 4.58. The van der Waals surface area contributed by atoms with Gasteiger partial charge < -0.3 is 30.5 Å². The van der Waals surface area contributed by atoms with Crippen LogP contribution in [0.4, 0.5) is 0 Å². The highest BCUT2D eigenvalue weighted by Crippen LogP contribution is 2.21. The summed E-state index contributed by atoms with van der Waals surface area (Å²) >= 11 is 0. The van der Waals surface area contributed by atoms with Gasteiger partial charge in [0.25, 0.3) is 0 Å². The van der Waals surface area contributed by atoms with E-state index in [1.165, 1.54) is 0 Å². The maximum Gasteiger partial charge on any atom is 0.176 e. The fourth-order valence-corrected chi connectivity index (χ4v) is 2.01. The molecule has 1 saturated heterocycles. The topological polar surface area (TPSA) is 105 Å². The Hall–Kier alpha value is -1.02. The maximum absolute atomic E-state index is 9.77. The second-order valence-electron chi connectivity index (χ2n) is 4.58. The van der Waals surface area contributed by atoms with Crippen LogP contribution in [0.5, 0.6) is 0 Å². The Bertz CT molecular complexity index is 386. The lowest BCUT2D eigenvalue weighted by atomic mass is 9.98. The number of rotatable bonds is 4.